The van der Waals surface area contributed by atoms with E-state index in [-0.39, 0.29) is 11.8 Å². The maximum Gasteiger partial charge on any atom is 0.203 e. The van der Waals surface area contributed by atoms with Crippen LogP contribution in [0.1, 0.15) is 24.1 Å². The second-order valence-electron chi connectivity index (χ2n) is 3.96. The molecule has 0 aliphatic carbocycles. The zero-order chi connectivity index (χ0) is 11.7. The SMILES string of the molecule is COc1c(O)cc2c(c1OC)[C@H](C)NCC2. The molecule has 4 nitrogen and oxygen atoms in total. The van der Waals surface area contributed by atoms with Gasteiger partial charge >= 0.3 is 0 Å². The Morgan fingerprint density at radius 1 is 1.31 bits per heavy atom. The second-order valence-corrected chi connectivity index (χ2v) is 3.96. The zero-order valence-corrected chi connectivity index (χ0v) is 9.83. The molecule has 0 aromatic heterocycles. The summed E-state index contributed by atoms with van der Waals surface area (Å²) < 4.78 is 10.5. The molecule has 0 unspecified atom stereocenters. The summed E-state index contributed by atoms with van der Waals surface area (Å²) in [6.45, 7) is 3.00. The van der Waals surface area contributed by atoms with Crippen molar-refractivity contribution >= 4 is 0 Å². The molecule has 0 bridgehead atoms. The largest absolute Gasteiger partial charge is 0.504 e. The van der Waals surface area contributed by atoms with Crippen molar-refractivity contribution in [2.75, 3.05) is 20.8 Å². The fraction of sp³-hybridized carbons (Fsp3) is 0.500. The van der Waals surface area contributed by atoms with Crippen molar-refractivity contribution in [2.24, 2.45) is 0 Å². The van der Waals surface area contributed by atoms with Crippen molar-refractivity contribution in [3.63, 3.8) is 0 Å². The lowest BCUT2D eigenvalue weighted by Gasteiger charge is -2.27. The van der Waals surface area contributed by atoms with Crippen LogP contribution in [0, 0.1) is 0 Å². The summed E-state index contributed by atoms with van der Waals surface area (Å²) in [5, 5.41) is 13.2. The summed E-state index contributed by atoms with van der Waals surface area (Å²) in [6.07, 6.45) is 0.896. The minimum absolute atomic E-state index is 0.146. The standard InChI is InChI=1S/C12H17NO3/c1-7-10-8(4-5-13-7)6-9(14)11(15-2)12(10)16-3/h6-7,13-14H,4-5H2,1-3H3/t7-/m0/s1. The molecule has 0 spiro atoms. The Morgan fingerprint density at radius 3 is 2.62 bits per heavy atom. The molecule has 1 atom stereocenters. The fourth-order valence-corrected chi connectivity index (χ4v) is 2.30. The van der Waals surface area contributed by atoms with Gasteiger partial charge in [-0.05, 0) is 31.5 Å². The monoisotopic (exact) mass is 223 g/mol. The number of aromatic hydroxyl groups is 1. The van der Waals surface area contributed by atoms with E-state index in [4.69, 9.17) is 9.47 Å². The van der Waals surface area contributed by atoms with Crippen molar-refractivity contribution in [2.45, 2.75) is 19.4 Å². The Bertz CT molecular complexity index is 404. The number of nitrogens with one attached hydrogen (secondary N) is 1. The van der Waals surface area contributed by atoms with Crippen molar-refractivity contribution in [3.8, 4) is 17.2 Å². The van der Waals surface area contributed by atoms with Crippen molar-refractivity contribution in [1.29, 1.82) is 0 Å². The highest BCUT2D eigenvalue weighted by Crippen LogP contribution is 2.44. The average molecular weight is 223 g/mol. The molecule has 0 fully saturated rings. The third-order valence-electron chi connectivity index (χ3n) is 3.03. The lowest BCUT2D eigenvalue weighted by atomic mass is 9.93. The minimum atomic E-state index is 0.146. The maximum absolute atomic E-state index is 9.84. The van der Waals surface area contributed by atoms with Crippen LogP contribution in [-0.4, -0.2) is 25.9 Å². The van der Waals surface area contributed by atoms with Gasteiger partial charge in [0.05, 0.1) is 14.2 Å². The van der Waals surface area contributed by atoms with Crippen molar-refractivity contribution < 1.29 is 14.6 Å². The minimum Gasteiger partial charge on any atom is -0.504 e. The molecule has 0 saturated heterocycles. The molecule has 16 heavy (non-hydrogen) atoms. The Hall–Kier alpha value is -1.42. The Kier molecular flexibility index (Phi) is 2.92. The van der Waals surface area contributed by atoms with Gasteiger partial charge < -0.3 is 19.9 Å². The number of hydrogen-bond acceptors (Lipinski definition) is 4. The van der Waals surface area contributed by atoms with E-state index < -0.39 is 0 Å². The molecular formula is C12H17NO3. The first-order valence-electron chi connectivity index (χ1n) is 5.39. The number of ether oxygens (including phenoxy) is 2. The summed E-state index contributed by atoms with van der Waals surface area (Å²) in [4.78, 5) is 0. The first-order valence-corrected chi connectivity index (χ1v) is 5.39. The van der Waals surface area contributed by atoms with Crippen LogP contribution in [0.2, 0.25) is 0 Å². The van der Waals surface area contributed by atoms with E-state index in [1.54, 1.807) is 13.2 Å². The van der Waals surface area contributed by atoms with Crippen LogP contribution in [0.3, 0.4) is 0 Å². The Morgan fingerprint density at radius 2 is 2.00 bits per heavy atom. The van der Waals surface area contributed by atoms with Gasteiger partial charge in [0.15, 0.2) is 11.5 Å². The zero-order valence-electron chi connectivity index (χ0n) is 9.83. The molecule has 1 aliphatic rings. The molecule has 88 valence electrons. The van der Waals surface area contributed by atoms with Crippen LogP contribution >= 0.6 is 0 Å². The molecule has 0 amide bonds. The number of benzene rings is 1. The van der Waals surface area contributed by atoms with Gasteiger partial charge in [-0.15, -0.1) is 0 Å². The van der Waals surface area contributed by atoms with E-state index in [2.05, 4.69) is 12.2 Å². The number of methoxy groups -OCH3 is 2. The molecule has 2 rings (SSSR count). The normalized spacial score (nSPS) is 19.1. The van der Waals surface area contributed by atoms with E-state index >= 15 is 0 Å². The highest BCUT2D eigenvalue weighted by molar-refractivity contribution is 5.60. The van der Waals surface area contributed by atoms with Gasteiger partial charge in [0.2, 0.25) is 5.75 Å². The van der Waals surface area contributed by atoms with Gasteiger partial charge in [-0.1, -0.05) is 0 Å². The second kappa shape index (κ2) is 4.22. The topological polar surface area (TPSA) is 50.7 Å². The third kappa shape index (κ3) is 1.59. The fourth-order valence-electron chi connectivity index (χ4n) is 2.30. The molecule has 0 saturated carbocycles. The van der Waals surface area contributed by atoms with E-state index in [1.165, 1.54) is 7.11 Å². The van der Waals surface area contributed by atoms with Gasteiger partial charge in [0, 0.05) is 11.6 Å². The van der Waals surface area contributed by atoms with Gasteiger partial charge in [-0.2, -0.15) is 0 Å². The Balaban J connectivity index is 2.64. The first-order chi connectivity index (χ1) is 7.69. The predicted octanol–water partition coefficient (Wildman–Crippen LogP) is 1.62. The first kappa shape index (κ1) is 11.1. The van der Waals surface area contributed by atoms with Crippen LogP contribution in [0.5, 0.6) is 17.2 Å². The van der Waals surface area contributed by atoms with Crippen LogP contribution in [0.4, 0.5) is 0 Å². The Labute approximate surface area is 95.2 Å². The molecule has 1 heterocycles. The smallest absolute Gasteiger partial charge is 0.203 e. The molecule has 1 aliphatic heterocycles. The van der Waals surface area contributed by atoms with Crippen LogP contribution in [0.15, 0.2) is 6.07 Å². The van der Waals surface area contributed by atoms with Crippen LogP contribution < -0.4 is 14.8 Å². The lowest BCUT2D eigenvalue weighted by molar-refractivity contribution is 0.324. The van der Waals surface area contributed by atoms with Crippen molar-refractivity contribution in [3.05, 3.63) is 17.2 Å². The molecule has 1 aromatic carbocycles. The molecule has 0 radical (unpaired) electrons. The summed E-state index contributed by atoms with van der Waals surface area (Å²) >= 11 is 0. The van der Waals surface area contributed by atoms with Gasteiger partial charge in [-0.3, -0.25) is 0 Å². The van der Waals surface area contributed by atoms with Crippen LogP contribution in [0.25, 0.3) is 0 Å². The van der Waals surface area contributed by atoms with Gasteiger partial charge in [-0.25, -0.2) is 0 Å². The number of phenolic OH excluding ortho intramolecular Hbond substituents is 1. The van der Waals surface area contributed by atoms with Gasteiger partial charge in [0.1, 0.15) is 0 Å². The molecular weight excluding hydrogens is 206 g/mol. The molecule has 2 N–H and O–H groups in total. The summed E-state index contributed by atoms with van der Waals surface area (Å²) in [5.74, 6) is 1.20. The van der Waals surface area contributed by atoms with Gasteiger partial charge in [0.25, 0.3) is 0 Å². The number of rotatable bonds is 2. The molecule has 4 heteroatoms. The third-order valence-corrected chi connectivity index (χ3v) is 3.03. The quantitative estimate of drug-likeness (QED) is 0.800. The van der Waals surface area contributed by atoms with E-state index in [0.717, 1.165) is 24.1 Å². The van der Waals surface area contributed by atoms with Crippen molar-refractivity contribution in [1.82, 2.24) is 5.32 Å². The molecule has 1 aromatic rings. The number of phenols is 1. The number of fused-ring (bicyclic) bond motifs is 1. The number of hydrogen-bond donors (Lipinski definition) is 2. The summed E-state index contributed by atoms with van der Waals surface area (Å²) in [7, 11) is 3.13. The van der Waals surface area contributed by atoms with Crippen LogP contribution in [-0.2, 0) is 6.42 Å². The maximum atomic E-state index is 9.84. The summed E-state index contributed by atoms with van der Waals surface area (Å²) in [6, 6.07) is 1.99. The van der Waals surface area contributed by atoms with E-state index in [9.17, 15) is 5.11 Å². The average Bonchev–Trinajstić information content (AvgIpc) is 2.27. The van der Waals surface area contributed by atoms with E-state index in [0.29, 0.717) is 11.5 Å². The lowest BCUT2D eigenvalue weighted by Crippen LogP contribution is -2.28. The van der Waals surface area contributed by atoms with E-state index in [1.807, 2.05) is 0 Å². The predicted molar refractivity (Wildman–Crippen MR) is 61.3 cm³/mol. The summed E-state index contributed by atoms with van der Waals surface area (Å²) in [5.41, 5.74) is 2.21. The highest BCUT2D eigenvalue weighted by Gasteiger charge is 2.25. The highest BCUT2D eigenvalue weighted by atomic mass is 16.5.